The van der Waals surface area contributed by atoms with Gasteiger partial charge in [-0.05, 0) is 23.5 Å². The van der Waals surface area contributed by atoms with Gasteiger partial charge in [-0.25, -0.2) is 0 Å². The molecule has 1 aliphatic rings. The Labute approximate surface area is 107 Å². The largest absolute Gasteiger partial charge is 0.469 e. The lowest BCUT2D eigenvalue weighted by molar-refractivity contribution is -0.142. The first-order valence-electron chi connectivity index (χ1n) is 6.35. The molecule has 0 saturated heterocycles. The smallest absolute Gasteiger partial charge is 0.313 e. The van der Waals surface area contributed by atoms with Gasteiger partial charge in [-0.1, -0.05) is 31.2 Å². The van der Waals surface area contributed by atoms with Crippen LogP contribution in [0.1, 0.15) is 49.1 Å². The first-order chi connectivity index (χ1) is 8.65. The maximum absolute atomic E-state index is 11.6. The van der Waals surface area contributed by atoms with Gasteiger partial charge in [-0.15, -0.1) is 0 Å². The van der Waals surface area contributed by atoms with Crippen LogP contribution in [0.2, 0.25) is 0 Å². The number of ether oxygens (including phenoxy) is 1. The molecule has 1 fully saturated rings. The highest BCUT2D eigenvalue weighted by atomic mass is 16.5. The van der Waals surface area contributed by atoms with E-state index in [4.69, 9.17) is 4.74 Å². The van der Waals surface area contributed by atoms with Crippen LogP contribution in [-0.2, 0) is 14.3 Å². The second kappa shape index (κ2) is 5.34. The lowest BCUT2D eigenvalue weighted by Crippen LogP contribution is -2.21. The fourth-order valence-corrected chi connectivity index (χ4v) is 2.41. The number of benzene rings is 1. The fraction of sp³-hybridized carbons (Fsp3) is 0.467. The zero-order valence-electron chi connectivity index (χ0n) is 10.8. The van der Waals surface area contributed by atoms with Gasteiger partial charge < -0.3 is 4.74 Å². The third-order valence-corrected chi connectivity index (χ3v) is 3.65. The fourth-order valence-electron chi connectivity index (χ4n) is 2.41. The molecule has 1 unspecified atom stereocenters. The molecule has 0 radical (unpaired) electrons. The van der Waals surface area contributed by atoms with Crippen LogP contribution in [0.15, 0.2) is 24.3 Å². The summed E-state index contributed by atoms with van der Waals surface area (Å²) in [5.74, 6) is 0.339. The van der Waals surface area contributed by atoms with Crippen LogP contribution in [0.3, 0.4) is 0 Å². The molecule has 2 rings (SSSR count). The first kappa shape index (κ1) is 12.8. The van der Waals surface area contributed by atoms with Crippen molar-refractivity contribution in [1.29, 1.82) is 0 Å². The molecule has 0 spiro atoms. The van der Waals surface area contributed by atoms with Crippen molar-refractivity contribution in [1.82, 2.24) is 0 Å². The summed E-state index contributed by atoms with van der Waals surface area (Å²) in [6.45, 7) is 1.97. The predicted octanol–water partition coefficient (Wildman–Crippen LogP) is 2.80. The van der Waals surface area contributed by atoms with Crippen molar-refractivity contribution in [2.24, 2.45) is 0 Å². The Hall–Kier alpha value is -1.64. The lowest BCUT2D eigenvalue weighted by Gasteiger charge is -2.24. The van der Waals surface area contributed by atoms with Gasteiger partial charge >= 0.3 is 5.97 Å². The van der Waals surface area contributed by atoms with E-state index >= 15 is 0 Å². The van der Waals surface area contributed by atoms with Gasteiger partial charge in [0.25, 0.3) is 0 Å². The SMILES string of the molecule is CCC(C(=O)OC)c1ccc(C2CC(=O)C2)cc1. The zero-order chi connectivity index (χ0) is 13.1. The number of carbonyl (C=O) groups excluding carboxylic acids is 2. The molecular weight excluding hydrogens is 228 g/mol. The minimum Gasteiger partial charge on any atom is -0.469 e. The van der Waals surface area contributed by atoms with E-state index in [9.17, 15) is 9.59 Å². The summed E-state index contributed by atoms with van der Waals surface area (Å²) in [6, 6.07) is 8.00. The normalized spacial score (nSPS) is 17.1. The molecule has 18 heavy (non-hydrogen) atoms. The maximum Gasteiger partial charge on any atom is 0.313 e. The summed E-state index contributed by atoms with van der Waals surface area (Å²) >= 11 is 0. The average molecular weight is 246 g/mol. The molecule has 0 amide bonds. The summed E-state index contributed by atoms with van der Waals surface area (Å²) in [5, 5.41) is 0. The molecule has 0 heterocycles. The molecular formula is C15H18O3. The Morgan fingerprint density at radius 2 is 1.94 bits per heavy atom. The molecule has 1 saturated carbocycles. The predicted molar refractivity (Wildman–Crippen MR) is 68.5 cm³/mol. The Balaban J connectivity index is 2.11. The van der Waals surface area contributed by atoms with E-state index in [0.717, 1.165) is 12.0 Å². The van der Waals surface area contributed by atoms with Gasteiger partial charge in [0.05, 0.1) is 13.0 Å². The Kier molecular flexibility index (Phi) is 3.80. The highest BCUT2D eigenvalue weighted by molar-refractivity contribution is 5.86. The summed E-state index contributed by atoms with van der Waals surface area (Å²) in [6.07, 6.45) is 2.05. The highest BCUT2D eigenvalue weighted by Crippen LogP contribution is 2.34. The zero-order valence-corrected chi connectivity index (χ0v) is 10.8. The highest BCUT2D eigenvalue weighted by Gasteiger charge is 2.28. The van der Waals surface area contributed by atoms with Crippen molar-refractivity contribution in [3.63, 3.8) is 0 Å². The van der Waals surface area contributed by atoms with E-state index in [-0.39, 0.29) is 11.9 Å². The summed E-state index contributed by atoms with van der Waals surface area (Å²) < 4.78 is 4.80. The van der Waals surface area contributed by atoms with Crippen molar-refractivity contribution >= 4 is 11.8 Å². The molecule has 3 nitrogen and oxygen atoms in total. The first-order valence-corrected chi connectivity index (χ1v) is 6.35. The van der Waals surface area contributed by atoms with Crippen LogP contribution < -0.4 is 0 Å². The second-order valence-corrected chi connectivity index (χ2v) is 4.79. The van der Waals surface area contributed by atoms with E-state index < -0.39 is 0 Å². The molecule has 1 aliphatic carbocycles. The number of ketones is 1. The van der Waals surface area contributed by atoms with E-state index in [1.54, 1.807) is 0 Å². The van der Waals surface area contributed by atoms with Crippen LogP contribution in [0.5, 0.6) is 0 Å². The Morgan fingerprint density at radius 1 is 1.33 bits per heavy atom. The molecule has 1 atom stereocenters. The van der Waals surface area contributed by atoms with Crippen LogP contribution >= 0.6 is 0 Å². The van der Waals surface area contributed by atoms with Crippen LogP contribution in [-0.4, -0.2) is 18.9 Å². The van der Waals surface area contributed by atoms with E-state index in [1.165, 1.54) is 12.7 Å². The molecule has 0 bridgehead atoms. The van der Waals surface area contributed by atoms with Gasteiger partial charge in [0.1, 0.15) is 5.78 Å². The lowest BCUT2D eigenvalue weighted by atomic mass is 9.78. The third-order valence-electron chi connectivity index (χ3n) is 3.65. The number of rotatable bonds is 4. The van der Waals surface area contributed by atoms with Gasteiger partial charge in [-0.3, -0.25) is 9.59 Å². The van der Waals surface area contributed by atoms with Crippen molar-refractivity contribution < 1.29 is 14.3 Å². The second-order valence-electron chi connectivity index (χ2n) is 4.79. The number of esters is 1. The van der Waals surface area contributed by atoms with Crippen molar-refractivity contribution in [3.8, 4) is 0 Å². The van der Waals surface area contributed by atoms with Crippen molar-refractivity contribution in [3.05, 3.63) is 35.4 Å². The van der Waals surface area contributed by atoms with Crippen LogP contribution in [0, 0.1) is 0 Å². The van der Waals surface area contributed by atoms with E-state index in [1.807, 2.05) is 31.2 Å². The third kappa shape index (κ3) is 2.45. The Bertz CT molecular complexity index is 439. The maximum atomic E-state index is 11.6. The summed E-state index contributed by atoms with van der Waals surface area (Å²) in [5.41, 5.74) is 2.18. The van der Waals surface area contributed by atoms with Crippen molar-refractivity contribution in [2.75, 3.05) is 7.11 Å². The quantitative estimate of drug-likeness (QED) is 0.767. The van der Waals surface area contributed by atoms with Gasteiger partial charge in [-0.2, -0.15) is 0 Å². The number of Topliss-reactive ketones (excluding diaryl/α,β-unsaturated/α-hetero) is 1. The van der Waals surface area contributed by atoms with Gasteiger partial charge in [0.2, 0.25) is 0 Å². The molecule has 0 N–H and O–H groups in total. The molecule has 1 aromatic carbocycles. The summed E-state index contributed by atoms with van der Waals surface area (Å²) in [4.78, 5) is 22.6. The standard InChI is InChI=1S/C15H18O3/c1-3-14(15(17)18-2)11-6-4-10(5-7-11)12-8-13(16)9-12/h4-7,12,14H,3,8-9H2,1-2H3. The van der Waals surface area contributed by atoms with Crippen LogP contribution in [0.4, 0.5) is 0 Å². The van der Waals surface area contributed by atoms with E-state index in [2.05, 4.69) is 0 Å². The number of hydrogen-bond acceptors (Lipinski definition) is 3. The monoisotopic (exact) mass is 246 g/mol. The molecule has 96 valence electrons. The topological polar surface area (TPSA) is 43.4 Å². The molecule has 1 aromatic rings. The van der Waals surface area contributed by atoms with E-state index in [0.29, 0.717) is 24.5 Å². The minimum absolute atomic E-state index is 0.188. The van der Waals surface area contributed by atoms with Crippen molar-refractivity contribution in [2.45, 2.75) is 38.0 Å². The molecule has 3 heteroatoms. The number of carbonyl (C=O) groups is 2. The van der Waals surface area contributed by atoms with Gasteiger partial charge in [0, 0.05) is 12.8 Å². The Morgan fingerprint density at radius 3 is 2.39 bits per heavy atom. The minimum atomic E-state index is -0.191. The van der Waals surface area contributed by atoms with Gasteiger partial charge in [0.15, 0.2) is 0 Å². The molecule has 0 aliphatic heterocycles. The number of methoxy groups -OCH3 is 1. The number of hydrogen-bond donors (Lipinski definition) is 0. The average Bonchev–Trinajstić information content (AvgIpc) is 2.36. The van der Waals surface area contributed by atoms with Crippen LogP contribution in [0.25, 0.3) is 0 Å². The summed E-state index contributed by atoms with van der Waals surface area (Å²) in [7, 11) is 1.42. The molecule has 0 aromatic heterocycles.